The van der Waals surface area contributed by atoms with Crippen molar-refractivity contribution in [2.75, 3.05) is 12.4 Å². The highest BCUT2D eigenvalue weighted by Crippen LogP contribution is 2.31. The van der Waals surface area contributed by atoms with Gasteiger partial charge in [-0.25, -0.2) is 4.98 Å². The Morgan fingerprint density at radius 1 is 1.16 bits per heavy atom. The molecule has 0 fully saturated rings. The third kappa shape index (κ3) is 4.14. The molecule has 1 aromatic heterocycles. The van der Waals surface area contributed by atoms with Gasteiger partial charge in [0.15, 0.2) is 11.8 Å². The zero-order chi connectivity index (χ0) is 14.8. The van der Waals surface area contributed by atoms with Gasteiger partial charge in [-0.2, -0.15) is 31.3 Å². The molecule has 0 bridgehead atoms. The van der Waals surface area contributed by atoms with E-state index in [0.29, 0.717) is 13.0 Å². The lowest BCUT2D eigenvalue weighted by Crippen LogP contribution is -2.31. The van der Waals surface area contributed by atoms with E-state index >= 15 is 0 Å². The fraction of sp³-hybridized carbons (Fsp3) is 0.556. The SMILES string of the molecule is CNc1nc(OC(C)C(F)(F)F)cc(C(F)(F)F)n1. The summed E-state index contributed by atoms with van der Waals surface area (Å²) in [6.45, 7) is 0.661. The number of rotatable bonds is 3. The predicted molar refractivity (Wildman–Crippen MR) is 52.7 cm³/mol. The van der Waals surface area contributed by atoms with Crippen LogP contribution in [0.25, 0.3) is 0 Å². The molecule has 19 heavy (non-hydrogen) atoms. The van der Waals surface area contributed by atoms with Crippen LogP contribution in [-0.4, -0.2) is 29.3 Å². The molecule has 1 rings (SSSR count). The van der Waals surface area contributed by atoms with E-state index in [-0.39, 0.29) is 0 Å². The molecule has 0 aliphatic carbocycles. The van der Waals surface area contributed by atoms with Crippen LogP contribution < -0.4 is 10.1 Å². The van der Waals surface area contributed by atoms with Gasteiger partial charge in [-0.15, -0.1) is 0 Å². The quantitative estimate of drug-likeness (QED) is 0.869. The number of nitrogens with zero attached hydrogens (tertiary/aromatic N) is 2. The minimum absolute atomic E-state index is 0.309. The lowest BCUT2D eigenvalue weighted by atomic mass is 10.3. The van der Waals surface area contributed by atoms with Gasteiger partial charge in [-0.1, -0.05) is 0 Å². The van der Waals surface area contributed by atoms with Crippen LogP contribution in [-0.2, 0) is 6.18 Å². The third-order valence-electron chi connectivity index (χ3n) is 1.98. The van der Waals surface area contributed by atoms with Gasteiger partial charge in [-0.3, -0.25) is 0 Å². The first-order valence-corrected chi connectivity index (χ1v) is 4.91. The van der Waals surface area contributed by atoms with E-state index in [0.717, 1.165) is 0 Å². The summed E-state index contributed by atoms with van der Waals surface area (Å²) in [4.78, 5) is 6.46. The maximum Gasteiger partial charge on any atom is 0.433 e. The smallest absolute Gasteiger partial charge is 0.433 e. The Bertz CT molecular complexity index is 445. The van der Waals surface area contributed by atoms with Crippen molar-refractivity contribution in [3.63, 3.8) is 0 Å². The largest absolute Gasteiger partial charge is 0.465 e. The first-order chi connectivity index (χ1) is 8.54. The number of halogens is 6. The van der Waals surface area contributed by atoms with Crippen LogP contribution in [0.5, 0.6) is 5.88 Å². The second kappa shape index (κ2) is 5.10. The van der Waals surface area contributed by atoms with E-state index < -0.39 is 36.0 Å². The Morgan fingerprint density at radius 3 is 2.16 bits per heavy atom. The molecular formula is C9H9F6N3O. The standard InChI is InChI=1S/C9H9F6N3O/c1-4(8(10,11)12)19-6-3-5(9(13,14)15)17-7(16-2)18-6/h3-4H,1-2H3,(H,16,17,18). The van der Waals surface area contributed by atoms with E-state index in [1.54, 1.807) is 0 Å². The molecule has 0 aliphatic rings. The average molecular weight is 289 g/mol. The van der Waals surface area contributed by atoms with Crippen molar-refractivity contribution in [2.24, 2.45) is 0 Å². The van der Waals surface area contributed by atoms with Gasteiger partial charge in [0.2, 0.25) is 11.8 Å². The van der Waals surface area contributed by atoms with Crippen LogP contribution in [0.1, 0.15) is 12.6 Å². The Morgan fingerprint density at radius 2 is 1.74 bits per heavy atom. The maximum atomic E-state index is 12.5. The molecule has 0 saturated carbocycles. The molecule has 0 aromatic carbocycles. The molecule has 10 heteroatoms. The molecule has 0 saturated heterocycles. The van der Waals surface area contributed by atoms with Crippen molar-refractivity contribution in [3.8, 4) is 5.88 Å². The number of anilines is 1. The van der Waals surface area contributed by atoms with E-state index in [2.05, 4.69) is 20.0 Å². The van der Waals surface area contributed by atoms with Gasteiger partial charge in [0.1, 0.15) is 0 Å². The van der Waals surface area contributed by atoms with Crippen molar-refractivity contribution >= 4 is 5.95 Å². The van der Waals surface area contributed by atoms with Crippen LogP contribution in [0, 0.1) is 0 Å². The fourth-order valence-electron chi connectivity index (χ4n) is 0.990. The van der Waals surface area contributed by atoms with E-state index in [1.165, 1.54) is 7.05 Å². The number of nitrogens with one attached hydrogen (secondary N) is 1. The van der Waals surface area contributed by atoms with Gasteiger partial charge in [-0.05, 0) is 6.92 Å². The summed E-state index contributed by atoms with van der Waals surface area (Å²) < 4.78 is 78.5. The second-order valence-electron chi connectivity index (χ2n) is 3.46. The van der Waals surface area contributed by atoms with E-state index in [1.807, 2.05) is 0 Å². The van der Waals surface area contributed by atoms with Crippen LogP contribution in [0.15, 0.2) is 6.07 Å². The summed E-state index contributed by atoms with van der Waals surface area (Å²) in [6, 6.07) is 0.309. The van der Waals surface area contributed by atoms with Gasteiger partial charge in [0.25, 0.3) is 0 Å². The molecule has 0 aliphatic heterocycles. The minimum Gasteiger partial charge on any atom is -0.465 e. The minimum atomic E-state index is -4.81. The Labute approximate surface area is 103 Å². The lowest BCUT2D eigenvalue weighted by molar-refractivity contribution is -0.190. The summed E-state index contributed by atoms with van der Waals surface area (Å²) in [7, 11) is 1.23. The van der Waals surface area contributed by atoms with Crippen molar-refractivity contribution in [1.29, 1.82) is 0 Å². The van der Waals surface area contributed by atoms with Crippen molar-refractivity contribution in [3.05, 3.63) is 11.8 Å². The first kappa shape index (κ1) is 15.3. The topological polar surface area (TPSA) is 47.0 Å². The third-order valence-corrected chi connectivity index (χ3v) is 1.98. The summed E-state index contributed by atoms with van der Waals surface area (Å²) in [5.74, 6) is -1.30. The first-order valence-electron chi connectivity index (χ1n) is 4.91. The van der Waals surface area contributed by atoms with E-state index in [9.17, 15) is 26.3 Å². The Balaban J connectivity index is 3.08. The number of alkyl halides is 6. The highest BCUT2D eigenvalue weighted by atomic mass is 19.4. The molecule has 0 radical (unpaired) electrons. The fourth-order valence-corrected chi connectivity index (χ4v) is 0.990. The van der Waals surface area contributed by atoms with Crippen LogP contribution in [0.3, 0.4) is 0 Å². The molecule has 1 unspecified atom stereocenters. The van der Waals surface area contributed by atoms with Crippen LogP contribution in [0.4, 0.5) is 32.3 Å². The molecule has 1 heterocycles. The molecular weight excluding hydrogens is 280 g/mol. The molecule has 1 atom stereocenters. The van der Waals surface area contributed by atoms with Gasteiger partial charge in [0.05, 0.1) is 0 Å². The Kier molecular flexibility index (Phi) is 4.11. The normalized spacial score (nSPS) is 14.1. The van der Waals surface area contributed by atoms with Gasteiger partial charge >= 0.3 is 12.4 Å². The van der Waals surface area contributed by atoms with Crippen LogP contribution >= 0.6 is 0 Å². The summed E-state index contributed by atoms with van der Waals surface area (Å²) >= 11 is 0. The Hall–Kier alpha value is -1.74. The van der Waals surface area contributed by atoms with Crippen molar-refractivity contribution in [1.82, 2.24) is 9.97 Å². The van der Waals surface area contributed by atoms with Gasteiger partial charge in [0, 0.05) is 13.1 Å². The number of ether oxygens (including phenoxy) is 1. The van der Waals surface area contributed by atoms with Crippen molar-refractivity contribution in [2.45, 2.75) is 25.4 Å². The zero-order valence-electron chi connectivity index (χ0n) is 9.73. The van der Waals surface area contributed by atoms with E-state index in [4.69, 9.17) is 0 Å². The summed E-state index contributed by atoms with van der Waals surface area (Å²) in [5, 5.41) is 2.21. The number of aromatic nitrogens is 2. The molecule has 1 aromatic rings. The van der Waals surface area contributed by atoms with Gasteiger partial charge < -0.3 is 10.1 Å². The highest BCUT2D eigenvalue weighted by Gasteiger charge is 2.39. The monoisotopic (exact) mass is 289 g/mol. The highest BCUT2D eigenvalue weighted by molar-refractivity contribution is 5.31. The number of hydrogen-bond donors (Lipinski definition) is 1. The average Bonchev–Trinajstić information content (AvgIpc) is 2.26. The van der Waals surface area contributed by atoms with Crippen molar-refractivity contribution < 1.29 is 31.1 Å². The lowest BCUT2D eigenvalue weighted by Gasteiger charge is -2.18. The van der Waals surface area contributed by atoms with Crippen LogP contribution in [0.2, 0.25) is 0 Å². The zero-order valence-corrected chi connectivity index (χ0v) is 9.73. The molecule has 0 amide bonds. The second-order valence-corrected chi connectivity index (χ2v) is 3.46. The maximum absolute atomic E-state index is 12.5. The molecule has 0 spiro atoms. The predicted octanol–water partition coefficient (Wildman–Crippen LogP) is 2.87. The molecule has 4 nitrogen and oxygen atoms in total. The molecule has 108 valence electrons. The summed E-state index contributed by atoms with van der Waals surface area (Å²) in [5.41, 5.74) is -1.39. The number of hydrogen-bond acceptors (Lipinski definition) is 4. The summed E-state index contributed by atoms with van der Waals surface area (Å²) in [6.07, 6.45) is -11.8. The molecule has 1 N–H and O–H groups in total.